The van der Waals surface area contributed by atoms with E-state index in [0.29, 0.717) is 52.8 Å². The summed E-state index contributed by atoms with van der Waals surface area (Å²) in [6.07, 6.45) is 6.78. The Hall–Kier alpha value is -5.62. The Morgan fingerprint density at radius 1 is 0.679 bits per heavy atom. The number of aliphatic hydroxyl groups is 1. The Morgan fingerprint density at radius 2 is 1.23 bits per heavy atom. The van der Waals surface area contributed by atoms with Crippen molar-refractivity contribution in [3.63, 3.8) is 0 Å². The number of hydrogen-bond donors (Lipinski definition) is 1. The molecule has 2 aromatic carbocycles. The number of hydrogen-bond acceptors (Lipinski definition) is 14. The molecule has 272 valence electrons. The minimum absolute atomic E-state index is 0.257. The van der Waals surface area contributed by atoms with Crippen molar-refractivity contribution in [1.29, 1.82) is 0 Å². The van der Waals surface area contributed by atoms with Crippen molar-refractivity contribution >= 4 is 60.3 Å². The summed E-state index contributed by atoms with van der Waals surface area (Å²) in [5.74, 6) is 0.477. The molecule has 0 saturated heterocycles. The number of likely N-dealkylation sites (N-methyl/N-ethyl adjacent to an activating group) is 2. The molecule has 1 N–H and O–H groups in total. The largest absolute Gasteiger partial charge is 0.475 e. The highest BCUT2D eigenvalue weighted by Gasteiger charge is 2.11. The molecule has 6 heterocycles. The first kappa shape index (κ1) is 37.1. The van der Waals surface area contributed by atoms with Gasteiger partial charge in [-0.3, -0.25) is 9.97 Å². The fourth-order valence-corrected chi connectivity index (χ4v) is 5.35. The van der Waals surface area contributed by atoms with Crippen molar-refractivity contribution in [1.82, 2.24) is 69.7 Å². The Morgan fingerprint density at radius 3 is 1.75 bits per heavy atom. The van der Waals surface area contributed by atoms with Gasteiger partial charge in [-0.2, -0.15) is 4.98 Å². The van der Waals surface area contributed by atoms with E-state index in [-0.39, 0.29) is 6.61 Å². The van der Waals surface area contributed by atoms with Crippen molar-refractivity contribution in [2.24, 2.45) is 0 Å². The average molecular weight is 780 g/mol. The van der Waals surface area contributed by atoms with Gasteiger partial charge in [0.2, 0.25) is 22.8 Å². The number of aromatic nitrogens is 12. The van der Waals surface area contributed by atoms with Gasteiger partial charge in [-0.1, -0.05) is 34.7 Å². The van der Waals surface area contributed by atoms with Gasteiger partial charge in [-0.15, -0.1) is 10.2 Å². The summed E-state index contributed by atoms with van der Waals surface area (Å²) in [6, 6.07) is 20.2. The highest BCUT2D eigenvalue weighted by atomic mass is 79.9. The van der Waals surface area contributed by atoms with E-state index in [0.717, 1.165) is 46.0 Å². The van der Waals surface area contributed by atoms with Crippen LogP contribution >= 0.6 is 15.9 Å². The van der Waals surface area contributed by atoms with Crippen molar-refractivity contribution in [3.8, 4) is 5.88 Å². The monoisotopic (exact) mass is 778 g/mol. The lowest BCUT2D eigenvalue weighted by atomic mass is 10.1. The van der Waals surface area contributed by atoms with Crippen LogP contribution in [0, 0.1) is 0 Å². The first-order valence-electron chi connectivity index (χ1n) is 16.7. The van der Waals surface area contributed by atoms with Crippen molar-refractivity contribution < 1.29 is 9.84 Å². The van der Waals surface area contributed by atoms with Gasteiger partial charge in [-0.25, -0.2) is 24.3 Å². The second-order valence-corrected chi connectivity index (χ2v) is 13.2. The highest BCUT2D eigenvalue weighted by Crippen LogP contribution is 2.18. The standard InChI is InChI=1S/C18H19N7O.C14H9BrN6.C4H11NO/c1-24(2)8-9-26-16-11-20-17-18(21-16)25(23-22-17)12-13-5-6-15-14(10-13)4-3-7-19-15;15-12-7-17-13-14(18-12)21(20-19-13)8-9-3-4-11-10(6-9)2-1-5-16-11;1-5(2)3-4-6/h3-7,10-11H,8-9,12H2,1-2H3;1-7H,8H2;6H,3-4H2,1-2H3. The Bertz CT molecular complexity index is 2420. The summed E-state index contributed by atoms with van der Waals surface area (Å²) < 4.78 is 9.81. The lowest BCUT2D eigenvalue weighted by Crippen LogP contribution is -2.19. The molecule has 0 fully saturated rings. The number of pyridine rings is 2. The molecule has 8 rings (SSSR count). The molecule has 0 aliphatic carbocycles. The minimum atomic E-state index is 0.257. The summed E-state index contributed by atoms with van der Waals surface area (Å²) in [6.45, 7) is 3.52. The maximum absolute atomic E-state index is 8.20. The minimum Gasteiger partial charge on any atom is -0.475 e. The molecular formula is C36H39BrN14O2. The highest BCUT2D eigenvalue weighted by molar-refractivity contribution is 9.10. The number of fused-ring (bicyclic) bond motifs is 4. The first-order valence-corrected chi connectivity index (χ1v) is 17.5. The average Bonchev–Trinajstić information content (AvgIpc) is 3.74. The van der Waals surface area contributed by atoms with Gasteiger partial charge in [-0.05, 0) is 91.6 Å². The van der Waals surface area contributed by atoms with E-state index >= 15 is 0 Å². The molecule has 0 bridgehead atoms. The van der Waals surface area contributed by atoms with Crippen LogP contribution in [0.2, 0.25) is 0 Å². The zero-order valence-electron chi connectivity index (χ0n) is 29.8. The van der Waals surface area contributed by atoms with Crippen LogP contribution in [0.15, 0.2) is 90.1 Å². The maximum Gasteiger partial charge on any atom is 0.234 e. The molecule has 6 aromatic heterocycles. The van der Waals surface area contributed by atoms with Crippen LogP contribution in [0.5, 0.6) is 5.88 Å². The maximum atomic E-state index is 8.20. The molecule has 0 spiro atoms. The number of halogens is 1. The smallest absolute Gasteiger partial charge is 0.234 e. The molecule has 0 aliphatic rings. The number of rotatable bonds is 10. The van der Waals surface area contributed by atoms with E-state index in [1.807, 2.05) is 86.5 Å². The van der Waals surface area contributed by atoms with Crippen LogP contribution in [-0.2, 0) is 13.1 Å². The second kappa shape index (κ2) is 17.7. The fraction of sp³-hybridized carbons (Fsp3) is 0.278. The Kier molecular flexibility index (Phi) is 12.4. The zero-order chi connectivity index (χ0) is 37.2. The predicted molar refractivity (Wildman–Crippen MR) is 205 cm³/mol. The molecule has 17 heteroatoms. The molecule has 8 aromatic rings. The van der Waals surface area contributed by atoms with Gasteiger partial charge in [0.05, 0.1) is 43.1 Å². The summed E-state index contributed by atoms with van der Waals surface area (Å²) in [4.78, 5) is 30.0. The number of aliphatic hydroxyl groups excluding tert-OH is 1. The molecule has 0 amide bonds. The van der Waals surface area contributed by atoms with E-state index in [1.54, 1.807) is 34.2 Å². The molecule has 0 atom stereocenters. The van der Waals surface area contributed by atoms with E-state index < -0.39 is 0 Å². The molecule has 0 aliphatic heterocycles. The topological polar surface area (TPSA) is 175 Å². The summed E-state index contributed by atoms with van der Waals surface area (Å²) >= 11 is 3.32. The lowest BCUT2D eigenvalue weighted by molar-refractivity contribution is 0.243. The predicted octanol–water partition coefficient (Wildman–Crippen LogP) is 3.88. The van der Waals surface area contributed by atoms with Crippen LogP contribution in [0.1, 0.15) is 11.1 Å². The van der Waals surface area contributed by atoms with Gasteiger partial charge in [0.15, 0.2) is 5.65 Å². The van der Waals surface area contributed by atoms with Crippen molar-refractivity contribution in [3.05, 3.63) is 101 Å². The summed E-state index contributed by atoms with van der Waals surface area (Å²) in [5, 5.41) is 26.8. The molecular weight excluding hydrogens is 740 g/mol. The van der Waals surface area contributed by atoms with E-state index in [1.165, 1.54) is 0 Å². The van der Waals surface area contributed by atoms with Crippen LogP contribution in [0.4, 0.5) is 0 Å². The van der Waals surface area contributed by atoms with Gasteiger partial charge in [0.1, 0.15) is 11.2 Å². The van der Waals surface area contributed by atoms with E-state index in [4.69, 9.17) is 9.84 Å². The molecule has 53 heavy (non-hydrogen) atoms. The Labute approximate surface area is 313 Å². The third kappa shape index (κ3) is 10.0. The van der Waals surface area contributed by atoms with Gasteiger partial charge >= 0.3 is 0 Å². The molecule has 16 nitrogen and oxygen atoms in total. The quantitative estimate of drug-likeness (QED) is 0.212. The summed E-state index contributed by atoms with van der Waals surface area (Å²) in [5.41, 5.74) is 6.48. The molecule has 0 saturated carbocycles. The van der Waals surface area contributed by atoms with Gasteiger partial charge < -0.3 is 19.6 Å². The normalized spacial score (nSPS) is 11.2. The summed E-state index contributed by atoms with van der Waals surface area (Å²) in [7, 11) is 7.85. The van der Waals surface area contributed by atoms with Crippen LogP contribution in [0.25, 0.3) is 44.4 Å². The van der Waals surface area contributed by atoms with Gasteiger partial charge in [0.25, 0.3) is 0 Å². The van der Waals surface area contributed by atoms with E-state index in [2.05, 4.69) is 78.6 Å². The third-order valence-corrected chi connectivity index (χ3v) is 8.12. The van der Waals surface area contributed by atoms with Crippen LogP contribution in [-0.4, -0.2) is 129 Å². The molecule has 0 radical (unpaired) electrons. The number of ether oxygens (including phenoxy) is 1. The SMILES string of the molecule is Brc1cnc2nnn(Cc3ccc4ncccc4c3)c2n1.CN(C)CCO.CN(C)CCOc1cnc2nnn(Cc3ccc4ncccc4c3)c2n1. The van der Waals surface area contributed by atoms with Gasteiger partial charge in [0, 0.05) is 36.3 Å². The van der Waals surface area contributed by atoms with E-state index in [9.17, 15) is 0 Å². The number of benzene rings is 2. The fourth-order valence-electron chi connectivity index (χ4n) is 5.08. The van der Waals surface area contributed by atoms with Crippen LogP contribution in [0.3, 0.4) is 0 Å². The number of nitrogens with zero attached hydrogens (tertiary/aromatic N) is 14. The second-order valence-electron chi connectivity index (χ2n) is 12.4. The lowest BCUT2D eigenvalue weighted by Gasteiger charge is -2.10. The van der Waals surface area contributed by atoms with Crippen LogP contribution < -0.4 is 4.74 Å². The zero-order valence-corrected chi connectivity index (χ0v) is 31.4. The first-order chi connectivity index (χ1) is 25.7. The molecule has 0 unspecified atom stereocenters. The Balaban J connectivity index is 0.000000160. The van der Waals surface area contributed by atoms with Crippen molar-refractivity contribution in [2.75, 3.05) is 54.5 Å². The third-order valence-electron chi connectivity index (χ3n) is 7.74. The van der Waals surface area contributed by atoms with Crippen molar-refractivity contribution in [2.45, 2.75) is 13.1 Å².